The van der Waals surface area contributed by atoms with Gasteiger partial charge in [-0.2, -0.15) is 4.90 Å². The van der Waals surface area contributed by atoms with Crippen molar-refractivity contribution in [2.24, 2.45) is 0 Å². The van der Waals surface area contributed by atoms with Crippen molar-refractivity contribution in [3.8, 4) is 11.5 Å². The molecule has 0 radical (unpaired) electrons. The first kappa shape index (κ1) is 28.3. The number of aliphatic hydroxyl groups is 10. The Morgan fingerprint density at radius 1 is 0.789 bits per heavy atom. The van der Waals surface area contributed by atoms with E-state index >= 15 is 0 Å². The second-order valence-electron chi connectivity index (χ2n) is 9.63. The van der Waals surface area contributed by atoms with Gasteiger partial charge in [0.05, 0.1) is 14.2 Å². The Hall–Kier alpha value is -2.73. The maximum atomic E-state index is 13.2. The van der Waals surface area contributed by atoms with E-state index in [1.165, 1.54) is 50.6 Å². The highest BCUT2D eigenvalue weighted by Gasteiger charge is 2.85. The largest absolute Gasteiger partial charge is 0.493 e. The number of rotatable bonds is 6. The normalized spacial score (nSPS) is 26.6. The van der Waals surface area contributed by atoms with Crippen molar-refractivity contribution < 1.29 is 65.3 Å². The first-order valence-corrected chi connectivity index (χ1v) is 11.3. The Bertz CT molecular complexity index is 1220. The van der Waals surface area contributed by atoms with Gasteiger partial charge in [0.25, 0.3) is 23.4 Å². The SMILES string of the molecule is COc1cc2c(cc1OC)C(=O)C(O)(CC1(O)C(O)(O)C(O)(O)N(Cc3ccccc3)C(O)(O)C1(O)O)C2. The standard InChI is InChI=1S/C24H29NO13/c1-37-16-8-14-10-19(27,18(26)15(14)9-17(16)38-2)12-20(28)21(29,30)23(33,34)25(24(35,36)22(20,31)32)11-13-6-4-3-5-7-13/h3-9,27-36H,10-12H2,1-2H3. The van der Waals surface area contributed by atoms with Gasteiger partial charge in [0, 0.05) is 24.9 Å². The van der Waals surface area contributed by atoms with Crippen LogP contribution in [0.5, 0.6) is 11.5 Å². The molecule has 1 fully saturated rings. The third-order valence-electron chi connectivity index (χ3n) is 7.33. The van der Waals surface area contributed by atoms with Crippen LogP contribution in [0.2, 0.25) is 0 Å². The summed E-state index contributed by atoms with van der Waals surface area (Å²) in [5.41, 5.74) is -6.93. The lowest BCUT2D eigenvalue weighted by atomic mass is 9.68. The lowest BCUT2D eigenvalue weighted by Gasteiger charge is -2.63. The van der Waals surface area contributed by atoms with E-state index in [0.29, 0.717) is 0 Å². The molecule has 0 aromatic heterocycles. The fraction of sp³-hybridized carbons (Fsp3) is 0.458. The molecule has 0 spiro atoms. The molecule has 1 atom stereocenters. The van der Waals surface area contributed by atoms with Gasteiger partial charge >= 0.3 is 0 Å². The van der Waals surface area contributed by atoms with Gasteiger partial charge in [-0.25, -0.2) is 0 Å². The third kappa shape index (κ3) is 3.59. The highest BCUT2D eigenvalue weighted by Crippen LogP contribution is 2.54. The summed E-state index contributed by atoms with van der Waals surface area (Å²) in [4.78, 5) is 12.9. The zero-order valence-corrected chi connectivity index (χ0v) is 20.3. The summed E-state index contributed by atoms with van der Waals surface area (Å²) in [6.07, 6.45) is -2.37. The monoisotopic (exact) mass is 539 g/mol. The predicted molar refractivity (Wildman–Crippen MR) is 123 cm³/mol. The average molecular weight is 539 g/mol. The fourth-order valence-electron chi connectivity index (χ4n) is 5.12. The number of carbonyl (C=O) groups excluding carboxylic acids is 1. The summed E-state index contributed by atoms with van der Waals surface area (Å²) in [6, 6.07) is 9.75. The van der Waals surface area contributed by atoms with E-state index in [1.54, 1.807) is 6.07 Å². The number of carbonyl (C=O) groups is 1. The minimum absolute atomic E-state index is 0.0866. The Balaban J connectivity index is 1.79. The quantitative estimate of drug-likeness (QED) is 0.160. The molecule has 38 heavy (non-hydrogen) atoms. The van der Waals surface area contributed by atoms with E-state index in [4.69, 9.17) is 9.47 Å². The lowest BCUT2D eigenvalue weighted by molar-refractivity contribution is -0.598. The first-order chi connectivity index (χ1) is 17.4. The second kappa shape index (κ2) is 8.64. The minimum Gasteiger partial charge on any atom is -0.493 e. The molecule has 0 bridgehead atoms. The van der Waals surface area contributed by atoms with Crippen LogP contribution in [-0.4, -0.2) is 111 Å². The first-order valence-electron chi connectivity index (χ1n) is 11.3. The van der Waals surface area contributed by atoms with Crippen LogP contribution in [-0.2, 0) is 13.0 Å². The molecule has 208 valence electrons. The van der Waals surface area contributed by atoms with Crippen molar-refractivity contribution in [1.82, 2.24) is 4.90 Å². The molecule has 0 amide bonds. The number of ether oxygens (including phenoxy) is 2. The van der Waals surface area contributed by atoms with Gasteiger partial charge in [0.2, 0.25) is 0 Å². The number of hydrogen-bond donors (Lipinski definition) is 10. The predicted octanol–water partition coefficient (Wildman–Crippen LogP) is -3.55. The molecule has 1 unspecified atom stereocenters. The molecule has 14 heteroatoms. The van der Waals surface area contributed by atoms with E-state index < -0.39 is 59.8 Å². The number of Topliss-reactive ketones (excluding diaryl/α,β-unsaturated/α-hetero) is 1. The number of piperidine rings is 1. The highest BCUT2D eigenvalue weighted by molar-refractivity contribution is 6.07. The van der Waals surface area contributed by atoms with Crippen LogP contribution in [0.15, 0.2) is 42.5 Å². The maximum absolute atomic E-state index is 13.2. The van der Waals surface area contributed by atoms with Gasteiger partial charge in [-0.3, -0.25) is 4.79 Å². The number of ketones is 1. The van der Waals surface area contributed by atoms with Crippen LogP contribution in [0.25, 0.3) is 0 Å². The average Bonchev–Trinajstić information content (AvgIpc) is 3.09. The molecule has 2 aromatic carbocycles. The zero-order valence-electron chi connectivity index (χ0n) is 20.3. The van der Waals surface area contributed by atoms with Crippen molar-refractivity contribution in [2.45, 2.75) is 54.0 Å². The molecule has 1 heterocycles. The number of benzene rings is 2. The van der Waals surface area contributed by atoms with E-state index in [-0.39, 0.29) is 33.1 Å². The van der Waals surface area contributed by atoms with Crippen LogP contribution in [0, 0.1) is 0 Å². The van der Waals surface area contributed by atoms with E-state index in [2.05, 4.69) is 0 Å². The van der Waals surface area contributed by atoms with Gasteiger partial charge in [-0.05, 0) is 23.3 Å². The van der Waals surface area contributed by atoms with Gasteiger partial charge in [-0.15, -0.1) is 0 Å². The maximum Gasteiger partial charge on any atom is 0.289 e. The zero-order chi connectivity index (χ0) is 28.5. The van der Waals surface area contributed by atoms with Gasteiger partial charge in [0.1, 0.15) is 5.60 Å². The summed E-state index contributed by atoms with van der Waals surface area (Å²) in [7, 11) is 2.59. The molecule has 4 rings (SSSR count). The Morgan fingerprint density at radius 3 is 1.79 bits per heavy atom. The summed E-state index contributed by atoms with van der Waals surface area (Å²) < 4.78 is 10.3. The Kier molecular flexibility index (Phi) is 6.43. The number of methoxy groups -OCH3 is 2. The fourth-order valence-corrected chi connectivity index (χ4v) is 5.12. The summed E-state index contributed by atoms with van der Waals surface area (Å²) in [6.45, 7) is -0.920. The van der Waals surface area contributed by atoms with Crippen molar-refractivity contribution in [1.29, 1.82) is 0 Å². The van der Waals surface area contributed by atoms with Crippen molar-refractivity contribution in [2.75, 3.05) is 14.2 Å². The van der Waals surface area contributed by atoms with Crippen molar-refractivity contribution >= 4 is 5.78 Å². The molecule has 10 N–H and O–H groups in total. The summed E-state index contributed by atoms with van der Waals surface area (Å²) >= 11 is 0. The van der Waals surface area contributed by atoms with E-state index in [9.17, 15) is 55.9 Å². The van der Waals surface area contributed by atoms with Gasteiger partial charge < -0.3 is 60.5 Å². The number of likely N-dealkylation sites (tertiary alicyclic amines) is 1. The minimum atomic E-state index is -4.42. The molecule has 1 saturated heterocycles. The smallest absolute Gasteiger partial charge is 0.289 e. The molecule has 2 aromatic rings. The molecular formula is C24H29NO13. The Morgan fingerprint density at radius 2 is 1.29 bits per heavy atom. The molecule has 2 aliphatic rings. The lowest BCUT2D eigenvalue weighted by Crippen LogP contribution is -2.93. The number of hydrogen-bond acceptors (Lipinski definition) is 14. The third-order valence-corrected chi connectivity index (χ3v) is 7.33. The Labute approximate surface area is 215 Å². The second-order valence-corrected chi connectivity index (χ2v) is 9.63. The van der Waals surface area contributed by atoms with E-state index in [1.807, 2.05) is 0 Å². The summed E-state index contributed by atoms with van der Waals surface area (Å²) in [5, 5.41) is 109. The van der Waals surface area contributed by atoms with Gasteiger partial charge in [0.15, 0.2) is 22.9 Å². The van der Waals surface area contributed by atoms with Gasteiger partial charge in [-0.1, -0.05) is 30.3 Å². The number of fused-ring (bicyclic) bond motifs is 1. The molecule has 1 aliphatic carbocycles. The molecule has 14 nitrogen and oxygen atoms in total. The molecule has 1 aliphatic heterocycles. The molecular weight excluding hydrogens is 510 g/mol. The van der Waals surface area contributed by atoms with E-state index in [0.717, 1.165) is 0 Å². The topological polar surface area (TPSA) is 241 Å². The highest BCUT2D eigenvalue weighted by atomic mass is 16.7. The number of nitrogens with zero attached hydrogens (tertiary/aromatic N) is 1. The molecule has 0 saturated carbocycles. The summed E-state index contributed by atoms with van der Waals surface area (Å²) in [5.74, 6) is -18.2. The van der Waals surface area contributed by atoms with Crippen LogP contribution in [0.4, 0.5) is 0 Å². The van der Waals surface area contributed by atoms with Crippen molar-refractivity contribution in [3.05, 3.63) is 59.2 Å². The van der Waals surface area contributed by atoms with Crippen LogP contribution < -0.4 is 9.47 Å². The van der Waals surface area contributed by atoms with Crippen LogP contribution in [0.3, 0.4) is 0 Å². The van der Waals surface area contributed by atoms with Crippen LogP contribution in [0.1, 0.15) is 27.9 Å². The van der Waals surface area contributed by atoms with Crippen LogP contribution >= 0.6 is 0 Å². The van der Waals surface area contributed by atoms with Crippen molar-refractivity contribution in [3.63, 3.8) is 0 Å².